The zero-order valence-electron chi connectivity index (χ0n) is 77.0. The number of amidine groups is 2. The van der Waals surface area contributed by atoms with Gasteiger partial charge in [-0.25, -0.2) is 39.3 Å². The maximum atomic E-state index is 12.0. The number of nitrogens with zero attached hydrogens (tertiary/aromatic N) is 20. The Morgan fingerprint density at radius 3 is 1.60 bits per heavy atom. The largest absolute Gasteiger partial charge is 0.473 e. The molecule has 0 radical (unpaired) electrons. The lowest BCUT2D eigenvalue weighted by molar-refractivity contribution is -0.120. The molecule has 0 aromatic carbocycles. The minimum absolute atomic E-state index is 0.00912. The number of carbonyl (C=O) groups is 1. The fraction of sp³-hybridized carbons (Fsp3) is 0.607. The van der Waals surface area contributed by atoms with Crippen LogP contribution in [0.1, 0.15) is 259 Å². The summed E-state index contributed by atoms with van der Waals surface area (Å²) >= 11 is 0. The Morgan fingerprint density at radius 1 is 0.555 bits per heavy atom. The molecule has 12 heterocycles. The maximum Gasteiger partial charge on any atom is 0.350 e. The van der Waals surface area contributed by atoms with Gasteiger partial charge in [0.1, 0.15) is 64.0 Å². The van der Waals surface area contributed by atoms with Gasteiger partial charge in [-0.2, -0.15) is 19.9 Å². The number of fused-ring (bicyclic) bond motifs is 4. The number of aromatic amines is 1. The molecule has 5 aliphatic rings. The highest BCUT2D eigenvalue weighted by atomic mass is 16.5. The summed E-state index contributed by atoms with van der Waals surface area (Å²) in [6, 6.07) is 2.76. The average molecular weight is 1650 g/mol. The molecule has 12 rings (SSSR count). The van der Waals surface area contributed by atoms with Crippen molar-refractivity contribution in [1.82, 2.24) is 83.1 Å². The van der Waals surface area contributed by atoms with E-state index in [2.05, 4.69) is 168 Å². The Kier molecular flexibility index (Phi) is 33.9. The molecule has 35 nitrogen and oxygen atoms in total. The van der Waals surface area contributed by atoms with Gasteiger partial charge in [0, 0.05) is 112 Å². The normalized spacial score (nSPS) is 17.8. The van der Waals surface area contributed by atoms with Crippen molar-refractivity contribution >= 4 is 88.0 Å². The highest BCUT2D eigenvalue weighted by Crippen LogP contribution is 2.33. The zero-order chi connectivity index (χ0) is 90.3. The van der Waals surface area contributed by atoms with Crippen LogP contribution in [0.15, 0.2) is 104 Å². The number of aryl methyl sites for hydroxylation is 3. The third-order valence-electron chi connectivity index (χ3n) is 18.1. The van der Waals surface area contributed by atoms with Gasteiger partial charge in [0.15, 0.2) is 24.7 Å². The minimum Gasteiger partial charge on any atom is -0.473 e. The number of aliphatic imine (C=N–C) groups is 6. The number of rotatable bonds is 10. The topological polar surface area (TPSA) is 446 Å². The van der Waals surface area contributed by atoms with Crippen molar-refractivity contribution in [3.05, 3.63) is 119 Å². The number of carbonyl (C=O) groups excluding carboxylic acids is 1. The summed E-state index contributed by atoms with van der Waals surface area (Å²) in [5.41, 5.74) is 27.7. The Morgan fingerprint density at radius 2 is 1.08 bits per heavy atom. The Hall–Kier alpha value is -11.1. The monoisotopic (exact) mass is 1650 g/mol. The van der Waals surface area contributed by atoms with Gasteiger partial charge in [-0.3, -0.25) is 39.9 Å². The number of ether oxygens (including phenoxy) is 2. The summed E-state index contributed by atoms with van der Waals surface area (Å²) in [4.78, 5) is 117. The van der Waals surface area contributed by atoms with Crippen LogP contribution in [0.3, 0.4) is 0 Å². The van der Waals surface area contributed by atoms with Crippen molar-refractivity contribution in [3.63, 3.8) is 0 Å². The van der Waals surface area contributed by atoms with Crippen LogP contribution in [0, 0.1) is 12.8 Å². The molecule has 12 N–H and O–H groups in total. The van der Waals surface area contributed by atoms with E-state index in [0.29, 0.717) is 58.3 Å². The number of H-pyrrole nitrogens is 1. The molecule has 119 heavy (non-hydrogen) atoms. The van der Waals surface area contributed by atoms with Gasteiger partial charge in [0.25, 0.3) is 11.5 Å². The van der Waals surface area contributed by atoms with Crippen LogP contribution in [0.4, 0.5) is 23.4 Å². The van der Waals surface area contributed by atoms with E-state index in [0.717, 1.165) is 45.0 Å². The molecule has 0 fully saturated rings. The minimum atomic E-state index is -0.398. The molecular weight excluding hydrogens is 1510 g/mol. The third kappa shape index (κ3) is 28.3. The number of aromatic nitrogens is 12. The number of anilines is 4. The SMILES string of the molecule is CC(C)C1=CN(C(C)C)C(N)NC1=O.CC(C)c1cn(C(C)C)c(=O)nc1N.CC(C)c1cn(C(C)C)c2nc(N)[nH]c(=O)c12.CC(C)c1cn(C(C)C)c2ncnc(N)c12.CC1=NC2C(N=CN2C)C(OC(C)(C)C)=N1.CN1C=NC2C(=NC(C)(C)C)NC=NC21.Cc1cn(C)c(=O)nc1OC(C)(C)C.Cn1ccc(NC(C)(C)C)nc1=O. The maximum absolute atomic E-state index is 12.0. The van der Waals surface area contributed by atoms with E-state index < -0.39 is 6.29 Å². The van der Waals surface area contributed by atoms with E-state index in [9.17, 15) is 24.0 Å². The second-order valence-electron chi connectivity index (χ2n) is 36.2. The first-order chi connectivity index (χ1) is 54.8. The Balaban J connectivity index is 0.000000243. The number of nitrogens with two attached hydrogens (primary N) is 4. The summed E-state index contributed by atoms with van der Waals surface area (Å²) in [5.74, 6) is 5.62. The van der Waals surface area contributed by atoms with Crippen LogP contribution in [-0.4, -0.2) is 188 Å². The summed E-state index contributed by atoms with van der Waals surface area (Å²) in [7, 11) is 7.29. The fourth-order valence-electron chi connectivity index (χ4n) is 12.2. The second kappa shape index (κ2) is 41.0. The van der Waals surface area contributed by atoms with Gasteiger partial charge < -0.3 is 75.6 Å². The van der Waals surface area contributed by atoms with Crippen LogP contribution in [0.25, 0.3) is 22.1 Å². The van der Waals surface area contributed by atoms with Crippen molar-refractivity contribution in [1.29, 1.82) is 0 Å². The predicted octanol–water partition coefficient (Wildman–Crippen LogP) is 10.9. The quantitative estimate of drug-likeness (QED) is 0.0630. The van der Waals surface area contributed by atoms with Crippen molar-refractivity contribution in [3.8, 4) is 5.88 Å². The van der Waals surface area contributed by atoms with Crippen LogP contribution in [0.2, 0.25) is 0 Å². The first kappa shape index (κ1) is 98.4. The van der Waals surface area contributed by atoms with Gasteiger partial charge in [-0.05, 0) is 193 Å². The van der Waals surface area contributed by atoms with E-state index in [4.69, 9.17) is 32.4 Å². The molecule has 0 spiro atoms. The molecule has 5 unspecified atom stereocenters. The van der Waals surface area contributed by atoms with Crippen LogP contribution >= 0.6 is 0 Å². The van der Waals surface area contributed by atoms with E-state index in [1.54, 1.807) is 56.0 Å². The number of nitrogen functional groups attached to an aromatic ring is 3. The van der Waals surface area contributed by atoms with Crippen LogP contribution in [-0.2, 0) is 23.6 Å². The van der Waals surface area contributed by atoms with Gasteiger partial charge in [-0.1, -0.05) is 55.4 Å². The van der Waals surface area contributed by atoms with Crippen molar-refractivity contribution in [2.75, 3.05) is 36.6 Å². The molecule has 656 valence electrons. The Bertz CT molecular complexity index is 5070. The highest BCUT2D eigenvalue weighted by molar-refractivity contribution is 6.01. The second-order valence-corrected chi connectivity index (χ2v) is 36.2. The van der Waals surface area contributed by atoms with Crippen molar-refractivity contribution in [2.24, 2.45) is 55.7 Å². The lowest BCUT2D eigenvalue weighted by Crippen LogP contribution is -2.57. The van der Waals surface area contributed by atoms with Gasteiger partial charge >= 0.3 is 17.1 Å². The zero-order valence-corrected chi connectivity index (χ0v) is 77.0. The average Bonchev–Trinajstić information content (AvgIpc) is 1.62. The van der Waals surface area contributed by atoms with Crippen molar-refractivity contribution < 1.29 is 14.3 Å². The first-order valence-electron chi connectivity index (χ1n) is 40.5. The summed E-state index contributed by atoms with van der Waals surface area (Å²) in [6.07, 6.45) is 17.8. The number of hydrogen-bond donors (Lipinski definition) is 8. The molecule has 1 amide bonds. The summed E-state index contributed by atoms with van der Waals surface area (Å²) in [5, 5.41) is 10.6. The molecule has 7 aromatic heterocycles. The lowest BCUT2D eigenvalue weighted by atomic mass is 10.0. The van der Waals surface area contributed by atoms with Gasteiger partial charge in [-0.15, -0.1) is 0 Å². The van der Waals surface area contributed by atoms with Gasteiger partial charge in [0.2, 0.25) is 17.7 Å². The molecule has 5 aliphatic heterocycles. The number of hydrogen-bond acceptors (Lipinski definition) is 27. The van der Waals surface area contributed by atoms with E-state index >= 15 is 0 Å². The highest BCUT2D eigenvalue weighted by Gasteiger charge is 2.39. The molecule has 35 heteroatoms. The Labute approximate surface area is 702 Å². The molecular formula is C84H138N28O7. The fourth-order valence-corrected chi connectivity index (χ4v) is 12.2. The number of likely N-dealkylation sites (N-methyl/N-ethyl adjacent to an activating group) is 2. The van der Waals surface area contributed by atoms with E-state index in [1.165, 1.54) is 21.0 Å². The van der Waals surface area contributed by atoms with E-state index in [1.807, 2.05) is 184 Å². The smallest absolute Gasteiger partial charge is 0.350 e. The van der Waals surface area contributed by atoms with Crippen molar-refractivity contribution in [2.45, 2.75) is 303 Å². The molecule has 0 saturated heterocycles. The third-order valence-corrected chi connectivity index (χ3v) is 18.1. The summed E-state index contributed by atoms with van der Waals surface area (Å²) < 4.78 is 20.0. The molecule has 5 atom stereocenters. The molecule has 0 aliphatic carbocycles. The molecule has 7 aromatic rings. The number of nitrogens with one attached hydrogen (secondary N) is 4. The predicted molar refractivity (Wildman–Crippen MR) is 484 cm³/mol. The summed E-state index contributed by atoms with van der Waals surface area (Å²) in [6.45, 7) is 60.7. The standard InChI is InChI=1S/C12H18N4O.C12H18N4.C11H18N4O.C10H17N5.C10H19N3O.C10H17N3O.C10H16N2O2.C9H15N3O/c1-6(2)8-5-16(7(3)4)10-9(8)11(17)15-12(13)14-10;1-7(2)9-5-16(8(3)4)12-10(9)11(13)14-6-15-12;1-7-13-9-8(12-6-15(9)5)10(14-7)16-11(2,3)4;1-10(2,3)14-8-7-9(12-5-11-8)15(4)6-13-7;1-6(2)8-5-13(7(3)4)10(11)12-9(8)14;1-6(2)8-5-13(7(3)4)10(14)12-9(8)11;1-7-6-12(5)9(13)11-8(7)14-10(2,3)4;1-9(2,3)11-7-5-6-12(4)8(13)10-7/h5-7H,1-4H3,(H3,13,14,15,17);5-8H,1-4H3,(H2,13,14,15);6,8-9H,1-5H3;5-7,9H,1-4H3,(H,11,12,14);5-7,10H,11H2,1-4H3,(H,12,14);5-7H,1-4H3,(H2,11,12,14);6H,1-5H3;5-6H,1-4H3,(H,10,11,13). The molecule has 0 bridgehead atoms. The number of amides is 1. The van der Waals surface area contributed by atoms with E-state index in [-0.39, 0.29) is 111 Å². The van der Waals surface area contributed by atoms with Crippen LogP contribution in [0.5, 0.6) is 5.88 Å². The molecule has 0 saturated carbocycles. The first-order valence-corrected chi connectivity index (χ1v) is 40.5. The van der Waals surface area contributed by atoms with Crippen LogP contribution < -0.4 is 66.3 Å². The lowest BCUT2D eigenvalue weighted by Gasteiger charge is -2.36. The van der Waals surface area contributed by atoms with Gasteiger partial charge in [0.05, 0.1) is 35.3 Å².